The van der Waals surface area contributed by atoms with E-state index in [0.717, 1.165) is 19.4 Å². The van der Waals surface area contributed by atoms with Crippen LogP contribution in [0.25, 0.3) is 0 Å². The first-order chi connectivity index (χ1) is 11.7. The van der Waals surface area contributed by atoms with E-state index in [1.807, 2.05) is 0 Å². The lowest BCUT2D eigenvalue weighted by Crippen LogP contribution is -2.05. The highest BCUT2D eigenvalue weighted by Crippen LogP contribution is 2.15. The predicted molar refractivity (Wildman–Crippen MR) is 102 cm³/mol. The highest BCUT2D eigenvalue weighted by molar-refractivity contribution is 5.68. The summed E-state index contributed by atoms with van der Waals surface area (Å²) in [5.41, 5.74) is 0. The van der Waals surface area contributed by atoms with Crippen LogP contribution in [0.4, 0.5) is 0 Å². The zero-order valence-corrected chi connectivity index (χ0v) is 16.4. The van der Waals surface area contributed by atoms with Gasteiger partial charge in [0.25, 0.3) is 0 Å². The molecule has 0 rings (SSSR count). The van der Waals surface area contributed by atoms with Gasteiger partial charge in [-0.25, -0.2) is 0 Å². The second-order valence-electron chi connectivity index (χ2n) is 6.73. The Balaban J connectivity index is 3.63. The lowest BCUT2D eigenvalue weighted by atomic mass is 9.99. The first kappa shape index (κ1) is 23.2. The largest absolute Gasteiger partial charge is 0.469 e. The molecule has 24 heavy (non-hydrogen) atoms. The van der Waals surface area contributed by atoms with Crippen LogP contribution in [-0.2, 0) is 14.3 Å². The van der Waals surface area contributed by atoms with Crippen molar-refractivity contribution in [2.45, 2.75) is 90.4 Å². The summed E-state index contributed by atoms with van der Waals surface area (Å²) in [5.74, 6) is 0.468. The first-order valence-corrected chi connectivity index (χ1v) is 9.97. The van der Waals surface area contributed by atoms with Crippen molar-refractivity contribution < 1.29 is 14.3 Å². The molecule has 0 unspecified atom stereocenters. The zero-order valence-electron chi connectivity index (χ0n) is 16.4. The van der Waals surface area contributed by atoms with Gasteiger partial charge in [0, 0.05) is 19.4 Å². The molecule has 3 nitrogen and oxygen atoms in total. The van der Waals surface area contributed by atoms with Crippen LogP contribution in [0.15, 0.2) is 12.2 Å². The number of esters is 1. The van der Waals surface area contributed by atoms with Crippen LogP contribution >= 0.6 is 0 Å². The summed E-state index contributed by atoms with van der Waals surface area (Å²) in [7, 11) is 3.25. The fraction of sp³-hybridized carbons (Fsp3) is 0.857. The third kappa shape index (κ3) is 16.0. The lowest BCUT2D eigenvalue weighted by molar-refractivity contribution is -0.140. The van der Waals surface area contributed by atoms with E-state index in [1.54, 1.807) is 7.11 Å². The number of methoxy groups -OCH3 is 2. The molecule has 0 aromatic carbocycles. The Morgan fingerprint density at radius 1 is 0.917 bits per heavy atom. The van der Waals surface area contributed by atoms with Crippen LogP contribution in [0.3, 0.4) is 0 Å². The molecular weight excluding hydrogens is 300 g/mol. The minimum Gasteiger partial charge on any atom is -0.469 e. The summed E-state index contributed by atoms with van der Waals surface area (Å²) >= 11 is 0. The number of ether oxygens (including phenoxy) is 2. The van der Waals surface area contributed by atoms with Gasteiger partial charge in [-0.05, 0) is 25.7 Å². The third-order valence-corrected chi connectivity index (χ3v) is 4.45. The van der Waals surface area contributed by atoms with Crippen LogP contribution in [0, 0.1) is 5.92 Å². The molecule has 0 bridgehead atoms. The standard InChI is InChI=1S/C21H40O3/c1-4-5-6-7-8-10-13-16-20(19-23-2)17-14-11-9-12-15-18-21(22)24-3/h13,16,20H,4-12,14-15,17-19H2,1-3H3/b16-13+/t20-/m0/s1. The predicted octanol–water partition coefficient (Wildman–Crippen LogP) is 6.07. The van der Waals surface area contributed by atoms with Crippen LogP contribution in [0.1, 0.15) is 90.4 Å². The molecule has 0 heterocycles. The second-order valence-corrected chi connectivity index (χ2v) is 6.73. The van der Waals surface area contributed by atoms with E-state index in [4.69, 9.17) is 4.74 Å². The fourth-order valence-electron chi connectivity index (χ4n) is 2.91. The van der Waals surface area contributed by atoms with E-state index in [-0.39, 0.29) is 5.97 Å². The number of unbranched alkanes of at least 4 members (excludes halogenated alkanes) is 9. The van der Waals surface area contributed by atoms with Gasteiger partial charge in [0.1, 0.15) is 0 Å². The maximum Gasteiger partial charge on any atom is 0.305 e. The lowest BCUT2D eigenvalue weighted by Gasteiger charge is -2.11. The van der Waals surface area contributed by atoms with Gasteiger partial charge in [0.15, 0.2) is 0 Å². The van der Waals surface area contributed by atoms with E-state index < -0.39 is 0 Å². The number of rotatable bonds is 17. The van der Waals surface area contributed by atoms with Gasteiger partial charge in [-0.15, -0.1) is 0 Å². The van der Waals surface area contributed by atoms with Gasteiger partial charge in [-0.1, -0.05) is 70.4 Å². The number of carbonyl (C=O) groups excluding carboxylic acids is 1. The van der Waals surface area contributed by atoms with Crippen molar-refractivity contribution >= 4 is 5.97 Å². The third-order valence-electron chi connectivity index (χ3n) is 4.45. The highest BCUT2D eigenvalue weighted by Gasteiger charge is 2.04. The van der Waals surface area contributed by atoms with Crippen LogP contribution < -0.4 is 0 Å². The van der Waals surface area contributed by atoms with Gasteiger partial charge in [0.05, 0.1) is 13.7 Å². The SMILES string of the molecule is CCCCCCC/C=C/[C@@H](CCCCCCCC(=O)OC)COC. The van der Waals surface area contributed by atoms with Gasteiger partial charge in [0.2, 0.25) is 0 Å². The molecule has 0 fully saturated rings. The Morgan fingerprint density at radius 2 is 1.58 bits per heavy atom. The molecule has 0 aromatic rings. The van der Waals surface area contributed by atoms with Gasteiger partial charge >= 0.3 is 5.97 Å². The van der Waals surface area contributed by atoms with Crippen molar-refractivity contribution in [3.63, 3.8) is 0 Å². The number of allylic oxidation sites excluding steroid dienone is 1. The first-order valence-electron chi connectivity index (χ1n) is 9.97. The zero-order chi connectivity index (χ0) is 17.9. The topological polar surface area (TPSA) is 35.5 Å². The summed E-state index contributed by atoms with van der Waals surface area (Å²) in [5, 5.41) is 0. The maximum atomic E-state index is 11.0. The molecular formula is C21H40O3. The smallest absolute Gasteiger partial charge is 0.305 e. The molecule has 0 saturated carbocycles. The number of carbonyl (C=O) groups is 1. The molecule has 0 saturated heterocycles. The van der Waals surface area contributed by atoms with Gasteiger partial charge in [-0.3, -0.25) is 4.79 Å². The van der Waals surface area contributed by atoms with E-state index >= 15 is 0 Å². The molecule has 142 valence electrons. The molecule has 0 amide bonds. The normalized spacial score (nSPS) is 12.6. The molecule has 0 aliphatic rings. The minimum absolute atomic E-state index is 0.0880. The van der Waals surface area contributed by atoms with Crippen molar-refractivity contribution in [1.29, 1.82) is 0 Å². The quantitative estimate of drug-likeness (QED) is 0.183. The Kier molecular flexibility index (Phi) is 17.9. The van der Waals surface area contributed by atoms with Crippen molar-refractivity contribution in [3.8, 4) is 0 Å². The fourth-order valence-corrected chi connectivity index (χ4v) is 2.91. The van der Waals surface area contributed by atoms with Crippen LogP contribution in [0.2, 0.25) is 0 Å². The average molecular weight is 341 g/mol. The van der Waals surface area contributed by atoms with E-state index in [0.29, 0.717) is 12.3 Å². The van der Waals surface area contributed by atoms with Crippen molar-refractivity contribution in [2.24, 2.45) is 5.92 Å². The summed E-state index contributed by atoms with van der Waals surface area (Å²) in [4.78, 5) is 11.0. The monoisotopic (exact) mass is 340 g/mol. The number of hydrogen-bond acceptors (Lipinski definition) is 3. The van der Waals surface area contributed by atoms with Crippen molar-refractivity contribution in [2.75, 3.05) is 20.8 Å². The Hall–Kier alpha value is -0.830. The molecule has 0 spiro atoms. The van der Waals surface area contributed by atoms with Crippen molar-refractivity contribution in [3.05, 3.63) is 12.2 Å². The van der Waals surface area contributed by atoms with Gasteiger partial charge < -0.3 is 9.47 Å². The number of hydrogen-bond donors (Lipinski definition) is 0. The molecule has 0 radical (unpaired) electrons. The Bertz CT molecular complexity index is 299. The van der Waals surface area contributed by atoms with E-state index in [9.17, 15) is 4.79 Å². The second kappa shape index (κ2) is 18.5. The summed E-state index contributed by atoms with van der Waals surface area (Å²) < 4.78 is 10.00. The van der Waals surface area contributed by atoms with Gasteiger partial charge in [-0.2, -0.15) is 0 Å². The molecule has 0 N–H and O–H groups in total. The van der Waals surface area contributed by atoms with Crippen LogP contribution in [0.5, 0.6) is 0 Å². The Morgan fingerprint density at radius 3 is 2.29 bits per heavy atom. The average Bonchev–Trinajstić information content (AvgIpc) is 2.59. The summed E-state index contributed by atoms with van der Waals surface area (Å²) in [6.07, 6.45) is 20.2. The minimum atomic E-state index is -0.0880. The molecule has 3 heteroatoms. The molecule has 0 aliphatic heterocycles. The highest BCUT2D eigenvalue weighted by atomic mass is 16.5. The molecule has 0 aliphatic carbocycles. The Labute approximate surface area is 150 Å². The molecule has 0 aromatic heterocycles. The van der Waals surface area contributed by atoms with E-state index in [2.05, 4.69) is 23.8 Å². The summed E-state index contributed by atoms with van der Waals surface area (Å²) in [6, 6.07) is 0. The summed E-state index contributed by atoms with van der Waals surface area (Å²) in [6.45, 7) is 3.09. The molecule has 1 atom stereocenters. The van der Waals surface area contributed by atoms with Crippen molar-refractivity contribution in [1.82, 2.24) is 0 Å². The van der Waals surface area contributed by atoms with Crippen LogP contribution in [-0.4, -0.2) is 26.8 Å². The maximum absolute atomic E-state index is 11.0. The van der Waals surface area contributed by atoms with E-state index in [1.165, 1.54) is 71.3 Å².